The lowest BCUT2D eigenvalue weighted by molar-refractivity contribution is -0.142. The number of aryl methyl sites for hydroxylation is 3. The second-order valence-electron chi connectivity index (χ2n) is 10.4. The van der Waals surface area contributed by atoms with Crippen LogP contribution in [0, 0.1) is 6.92 Å². The van der Waals surface area contributed by atoms with Crippen LogP contribution < -0.4 is 15.4 Å². The predicted molar refractivity (Wildman–Crippen MR) is 157 cm³/mol. The fourth-order valence-electron chi connectivity index (χ4n) is 4.83. The number of nitrogens with one attached hydrogen (secondary N) is 2. The summed E-state index contributed by atoms with van der Waals surface area (Å²) in [6.07, 6.45) is 8.73. The topological polar surface area (TPSA) is 130 Å². The fourth-order valence-corrected chi connectivity index (χ4v) is 4.83. The lowest BCUT2D eigenvalue weighted by atomic mass is 10.1. The highest BCUT2D eigenvalue weighted by Gasteiger charge is 2.21. The first-order valence-electron chi connectivity index (χ1n) is 14.4. The number of ether oxygens (including phenoxy) is 1. The molecule has 1 unspecified atom stereocenters. The zero-order valence-corrected chi connectivity index (χ0v) is 23.7. The molecule has 218 valence electrons. The van der Waals surface area contributed by atoms with Gasteiger partial charge in [-0.2, -0.15) is 0 Å². The van der Waals surface area contributed by atoms with Crippen LogP contribution >= 0.6 is 0 Å². The van der Waals surface area contributed by atoms with Crippen molar-refractivity contribution in [1.82, 2.24) is 25.2 Å². The minimum atomic E-state index is -1.04. The number of amides is 1. The molecule has 3 N–H and O–H groups in total. The molecule has 0 radical (unpaired) electrons. The molecule has 1 aliphatic rings. The number of carbonyl (C=O) groups is 2. The van der Waals surface area contributed by atoms with Crippen LogP contribution in [-0.4, -0.2) is 75.7 Å². The van der Waals surface area contributed by atoms with Gasteiger partial charge in [-0.25, -0.2) is 19.7 Å². The maximum atomic E-state index is 12.5. The number of hydrogen-bond donors (Lipinski definition) is 3. The zero-order valence-electron chi connectivity index (χ0n) is 23.7. The van der Waals surface area contributed by atoms with Gasteiger partial charge in [0, 0.05) is 25.3 Å². The Hall–Kier alpha value is -4.05. The van der Waals surface area contributed by atoms with Gasteiger partial charge in [-0.3, -0.25) is 9.69 Å². The number of benzene rings is 1. The average Bonchev–Trinajstić information content (AvgIpc) is 2.98. The lowest BCUT2D eigenvalue weighted by Gasteiger charge is -2.24. The van der Waals surface area contributed by atoms with E-state index in [1.807, 2.05) is 37.3 Å². The van der Waals surface area contributed by atoms with Gasteiger partial charge < -0.3 is 20.5 Å². The van der Waals surface area contributed by atoms with Gasteiger partial charge in [0.1, 0.15) is 24.3 Å². The van der Waals surface area contributed by atoms with Gasteiger partial charge in [-0.05, 0) is 69.2 Å². The molecule has 41 heavy (non-hydrogen) atoms. The summed E-state index contributed by atoms with van der Waals surface area (Å²) >= 11 is 0. The molecule has 0 bridgehead atoms. The maximum Gasteiger partial charge on any atom is 0.326 e. The number of carbonyl (C=O) groups excluding carboxylic acids is 1. The molecule has 10 heteroatoms. The average molecular weight is 561 g/mol. The standard InChI is InChI=1S/C31H40N6O4/c1-23-33-21-27(22-34-23)41-19-18-37(16-6-5-11-26-13-12-25-10-7-15-32-30(25)35-26)17-14-28(31(39)40)36-29(38)20-24-8-3-2-4-9-24/h2-4,8-9,12-13,21-22,28H,5-7,10-11,14-20H2,1H3,(H,32,35)(H,36,38)(H,39,40). The van der Waals surface area contributed by atoms with E-state index in [-0.39, 0.29) is 12.3 Å². The Morgan fingerprint density at radius 3 is 2.66 bits per heavy atom. The molecule has 3 heterocycles. The number of pyridine rings is 1. The van der Waals surface area contributed by atoms with Crippen LogP contribution in [0.4, 0.5) is 5.82 Å². The van der Waals surface area contributed by atoms with Crippen molar-refractivity contribution in [3.63, 3.8) is 0 Å². The van der Waals surface area contributed by atoms with E-state index < -0.39 is 12.0 Å². The number of rotatable bonds is 16. The Morgan fingerprint density at radius 2 is 1.88 bits per heavy atom. The molecule has 1 amide bonds. The smallest absolute Gasteiger partial charge is 0.326 e. The summed E-state index contributed by atoms with van der Waals surface area (Å²) in [5.41, 5.74) is 3.21. The number of anilines is 1. The van der Waals surface area contributed by atoms with Gasteiger partial charge in [-0.1, -0.05) is 36.4 Å². The largest absolute Gasteiger partial charge is 0.489 e. The molecule has 0 spiro atoms. The predicted octanol–water partition coefficient (Wildman–Crippen LogP) is 3.44. The van der Waals surface area contributed by atoms with E-state index in [0.29, 0.717) is 37.7 Å². The first-order valence-corrected chi connectivity index (χ1v) is 14.4. The molecule has 3 aromatic rings. The molecule has 1 aromatic carbocycles. The normalized spacial score (nSPS) is 13.2. The quantitative estimate of drug-likeness (QED) is 0.226. The molecular weight excluding hydrogens is 520 g/mol. The number of carboxylic acid groups (broad SMARTS) is 1. The van der Waals surface area contributed by atoms with Crippen molar-refractivity contribution in [3.8, 4) is 5.75 Å². The molecule has 1 atom stereocenters. The van der Waals surface area contributed by atoms with Crippen molar-refractivity contribution in [2.75, 3.05) is 38.1 Å². The van der Waals surface area contributed by atoms with Gasteiger partial charge in [0.05, 0.1) is 18.8 Å². The molecule has 10 nitrogen and oxygen atoms in total. The van der Waals surface area contributed by atoms with Crippen LogP contribution in [0.2, 0.25) is 0 Å². The molecular formula is C31H40N6O4. The Kier molecular flexibility index (Phi) is 11.4. The van der Waals surface area contributed by atoms with E-state index in [1.54, 1.807) is 12.4 Å². The van der Waals surface area contributed by atoms with Crippen molar-refractivity contribution < 1.29 is 19.4 Å². The Morgan fingerprint density at radius 1 is 1.07 bits per heavy atom. The first-order chi connectivity index (χ1) is 20.0. The highest BCUT2D eigenvalue weighted by Crippen LogP contribution is 2.20. The Balaban J connectivity index is 1.28. The number of hydrogen-bond acceptors (Lipinski definition) is 8. The third kappa shape index (κ3) is 10.1. The van der Waals surface area contributed by atoms with Crippen molar-refractivity contribution in [2.45, 2.75) is 57.9 Å². The summed E-state index contributed by atoms with van der Waals surface area (Å²) in [7, 11) is 0. The van der Waals surface area contributed by atoms with Crippen molar-refractivity contribution in [3.05, 3.63) is 77.5 Å². The summed E-state index contributed by atoms with van der Waals surface area (Å²) in [5.74, 6) is 0.953. The number of carboxylic acids is 1. The molecule has 0 aliphatic carbocycles. The summed E-state index contributed by atoms with van der Waals surface area (Å²) < 4.78 is 5.84. The third-order valence-electron chi connectivity index (χ3n) is 7.12. The minimum Gasteiger partial charge on any atom is -0.489 e. The van der Waals surface area contributed by atoms with Crippen LogP contribution in [0.3, 0.4) is 0 Å². The number of unbranched alkanes of at least 4 members (excludes halogenated alkanes) is 1. The molecule has 2 aromatic heterocycles. The van der Waals surface area contributed by atoms with E-state index in [0.717, 1.165) is 62.3 Å². The number of aliphatic carboxylic acids is 1. The monoisotopic (exact) mass is 560 g/mol. The summed E-state index contributed by atoms with van der Waals surface area (Å²) in [4.78, 5) is 39.8. The van der Waals surface area contributed by atoms with Crippen LogP contribution in [0.25, 0.3) is 0 Å². The molecule has 0 saturated heterocycles. The molecule has 1 aliphatic heterocycles. The van der Waals surface area contributed by atoms with E-state index in [9.17, 15) is 14.7 Å². The Labute approximate surface area is 241 Å². The van der Waals surface area contributed by atoms with Gasteiger partial charge in [-0.15, -0.1) is 0 Å². The van der Waals surface area contributed by atoms with Gasteiger partial charge >= 0.3 is 5.97 Å². The lowest BCUT2D eigenvalue weighted by Crippen LogP contribution is -2.44. The van der Waals surface area contributed by atoms with Gasteiger partial charge in [0.15, 0.2) is 5.75 Å². The highest BCUT2D eigenvalue weighted by atomic mass is 16.5. The van der Waals surface area contributed by atoms with Gasteiger partial charge in [0.2, 0.25) is 5.91 Å². The van der Waals surface area contributed by atoms with Crippen molar-refractivity contribution >= 4 is 17.7 Å². The number of aromatic nitrogens is 3. The van der Waals surface area contributed by atoms with Crippen LogP contribution in [0.5, 0.6) is 5.75 Å². The van der Waals surface area contributed by atoms with Crippen LogP contribution in [0.1, 0.15) is 48.3 Å². The van der Waals surface area contributed by atoms with E-state index in [4.69, 9.17) is 9.72 Å². The fraction of sp³-hybridized carbons (Fsp3) is 0.452. The Bertz CT molecular complexity index is 1260. The number of nitrogens with zero attached hydrogens (tertiary/aromatic N) is 4. The van der Waals surface area contributed by atoms with Crippen LogP contribution in [-0.2, 0) is 28.9 Å². The summed E-state index contributed by atoms with van der Waals surface area (Å²) in [6, 6.07) is 12.6. The number of fused-ring (bicyclic) bond motifs is 1. The second-order valence-corrected chi connectivity index (χ2v) is 10.4. The highest BCUT2D eigenvalue weighted by molar-refractivity contribution is 5.84. The minimum absolute atomic E-state index is 0.146. The van der Waals surface area contributed by atoms with Crippen LogP contribution in [0.15, 0.2) is 54.9 Å². The second kappa shape index (κ2) is 15.7. The van der Waals surface area contributed by atoms with Gasteiger partial charge in [0.25, 0.3) is 0 Å². The maximum absolute atomic E-state index is 12.5. The van der Waals surface area contributed by atoms with E-state index >= 15 is 0 Å². The third-order valence-corrected chi connectivity index (χ3v) is 7.12. The van der Waals surface area contributed by atoms with E-state index in [2.05, 4.69) is 37.6 Å². The molecule has 4 rings (SSSR count). The van der Waals surface area contributed by atoms with E-state index in [1.165, 1.54) is 5.56 Å². The summed E-state index contributed by atoms with van der Waals surface area (Å²) in [5, 5.41) is 15.9. The summed E-state index contributed by atoms with van der Waals surface area (Å²) in [6.45, 7) is 5.11. The van der Waals surface area contributed by atoms with Crippen molar-refractivity contribution in [2.24, 2.45) is 0 Å². The molecule has 0 saturated carbocycles. The van der Waals surface area contributed by atoms with Crippen molar-refractivity contribution in [1.29, 1.82) is 0 Å². The first kappa shape index (κ1) is 29.9. The zero-order chi connectivity index (χ0) is 28.9. The SMILES string of the molecule is Cc1ncc(OCCN(CCCCc2ccc3c(n2)NCCC3)CCC(NC(=O)Cc2ccccc2)C(=O)O)cn1. The molecule has 0 fully saturated rings.